The Morgan fingerprint density at radius 1 is 1.25 bits per heavy atom. The molecule has 0 saturated heterocycles. The van der Waals surface area contributed by atoms with E-state index in [9.17, 15) is 31.4 Å². The van der Waals surface area contributed by atoms with Gasteiger partial charge in [0.25, 0.3) is 0 Å². The van der Waals surface area contributed by atoms with Crippen molar-refractivity contribution in [3.05, 3.63) is 23.3 Å². The van der Waals surface area contributed by atoms with Gasteiger partial charge in [-0.3, -0.25) is 5.10 Å². The van der Waals surface area contributed by atoms with Crippen LogP contribution >= 0.6 is 0 Å². The second-order valence-corrected chi connectivity index (χ2v) is 5.88. The van der Waals surface area contributed by atoms with Crippen LogP contribution in [0.15, 0.2) is 6.20 Å². The Kier molecular flexibility index (Phi) is 3.32. The number of hydrogen-bond donors (Lipinski definition) is 2. The highest BCUT2D eigenvalue weighted by Gasteiger charge is 2.55. The number of rotatable bonds is 1. The summed E-state index contributed by atoms with van der Waals surface area (Å²) in [5.74, 6) is -0.675. The molecule has 2 atom stereocenters. The van der Waals surface area contributed by atoms with Crippen molar-refractivity contribution >= 4 is 0 Å². The maximum atomic E-state index is 13.1. The highest BCUT2D eigenvalue weighted by atomic mass is 19.4. The van der Waals surface area contributed by atoms with Crippen LogP contribution in [-0.4, -0.2) is 31.0 Å². The molecule has 2 aromatic rings. The minimum absolute atomic E-state index is 0.0197. The molecule has 24 heavy (non-hydrogen) atoms. The smallest absolute Gasteiger partial charge is 0.374 e. The first-order valence-corrected chi connectivity index (χ1v) is 6.87. The fraction of sp³-hybridized carbons (Fsp3) is 0.538. The van der Waals surface area contributed by atoms with Crippen LogP contribution in [0.4, 0.5) is 26.3 Å². The summed E-state index contributed by atoms with van der Waals surface area (Å²) in [5, 5.41) is 15.3. The summed E-state index contributed by atoms with van der Waals surface area (Å²) >= 11 is 0. The van der Waals surface area contributed by atoms with Gasteiger partial charge < -0.3 is 9.67 Å². The number of halogens is 6. The Labute approximate surface area is 131 Å². The van der Waals surface area contributed by atoms with Crippen molar-refractivity contribution in [1.29, 1.82) is 0 Å². The molecule has 0 saturated carbocycles. The summed E-state index contributed by atoms with van der Waals surface area (Å²) in [6.45, 7) is 2.01. The highest BCUT2D eigenvalue weighted by Crippen LogP contribution is 2.45. The molecule has 1 aliphatic rings. The van der Waals surface area contributed by atoms with E-state index < -0.39 is 35.5 Å². The average molecular weight is 354 g/mol. The number of aliphatic hydroxyl groups is 1. The van der Waals surface area contributed by atoms with Crippen molar-refractivity contribution in [3.63, 3.8) is 0 Å². The van der Waals surface area contributed by atoms with Gasteiger partial charge in [0.1, 0.15) is 0 Å². The molecule has 0 fully saturated rings. The number of imidazole rings is 1. The largest absolute Gasteiger partial charge is 0.435 e. The molecule has 5 nitrogen and oxygen atoms in total. The molecule has 0 bridgehead atoms. The Morgan fingerprint density at radius 2 is 1.88 bits per heavy atom. The first kappa shape index (κ1) is 16.8. The average Bonchev–Trinajstić information content (AvgIpc) is 2.99. The fourth-order valence-corrected chi connectivity index (χ4v) is 2.88. The lowest BCUT2D eigenvalue weighted by Gasteiger charge is -2.31. The Balaban J connectivity index is 2.19. The van der Waals surface area contributed by atoms with E-state index >= 15 is 0 Å². The van der Waals surface area contributed by atoms with E-state index in [1.165, 1.54) is 6.92 Å². The first-order valence-electron chi connectivity index (χ1n) is 6.87. The second-order valence-electron chi connectivity index (χ2n) is 5.88. The number of nitrogens with zero attached hydrogens (tertiary/aromatic N) is 3. The summed E-state index contributed by atoms with van der Waals surface area (Å²) < 4.78 is 79.2. The Bertz CT molecular complexity index is 785. The third-order valence-electron chi connectivity index (χ3n) is 4.12. The topological polar surface area (TPSA) is 66.7 Å². The first-order chi connectivity index (χ1) is 10.9. The number of aromatic amines is 1. The molecule has 1 aliphatic heterocycles. The van der Waals surface area contributed by atoms with Crippen LogP contribution in [0.1, 0.15) is 37.0 Å². The number of fused-ring (bicyclic) bond motifs is 3. The van der Waals surface area contributed by atoms with Gasteiger partial charge in [0.15, 0.2) is 11.5 Å². The van der Waals surface area contributed by atoms with E-state index in [1.54, 1.807) is 0 Å². The van der Waals surface area contributed by atoms with Crippen molar-refractivity contribution in [2.45, 2.75) is 44.3 Å². The van der Waals surface area contributed by atoms with E-state index in [-0.39, 0.29) is 23.4 Å². The molecule has 1 unspecified atom stereocenters. The maximum Gasteiger partial charge on any atom is 0.435 e. The van der Waals surface area contributed by atoms with E-state index in [2.05, 4.69) is 15.2 Å². The van der Waals surface area contributed by atoms with Gasteiger partial charge in [0, 0.05) is 11.6 Å². The number of H-pyrrole nitrogens is 1. The van der Waals surface area contributed by atoms with Gasteiger partial charge >= 0.3 is 12.4 Å². The predicted octanol–water partition coefficient (Wildman–Crippen LogP) is 3.18. The molecule has 3 heterocycles. The standard InChI is InChI=1S/C13H12F6N4O/c1-5-3-6-8(21-22-9(6)12(14,15)16)7-4-20-10(23(5)7)11(2,24)13(17,18)19/h4-5,24H,3H2,1-2H3,(H,21,22)/t5-,11?/m1/s1. The second kappa shape index (κ2) is 4.74. The predicted molar refractivity (Wildman–Crippen MR) is 68.9 cm³/mol. The van der Waals surface area contributed by atoms with Gasteiger partial charge in [-0.25, -0.2) is 4.98 Å². The minimum atomic E-state index is -4.99. The zero-order valence-electron chi connectivity index (χ0n) is 12.4. The SMILES string of the molecule is C[C@@H]1Cc2c(C(F)(F)F)n[nH]c2-c2cnc(C(C)(O)C(F)(F)F)n21. The van der Waals surface area contributed by atoms with Crippen LogP contribution in [0.2, 0.25) is 0 Å². The Hall–Kier alpha value is -2.04. The summed E-state index contributed by atoms with van der Waals surface area (Å²) in [7, 11) is 0. The normalized spacial score (nSPS) is 20.5. The van der Waals surface area contributed by atoms with Crippen molar-refractivity contribution < 1.29 is 31.4 Å². The lowest BCUT2D eigenvalue weighted by atomic mass is 9.97. The zero-order valence-corrected chi connectivity index (χ0v) is 12.4. The van der Waals surface area contributed by atoms with E-state index in [0.717, 1.165) is 10.8 Å². The van der Waals surface area contributed by atoms with Crippen LogP contribution in [0.5, 0.6) is 0 Å². The summed E-state index contributed by atoms with van der Waals surface area (Å²) in [6.07, 6.45) is -8.85. The Morgan fingerprint density at radius 3 is 2.42 bits per heavy atom. The van der Waals surface area contributed by atoms with Crippen LogP contribution in [0.25, 0.3) is 11.4 Å². The van der Waals surface area contributed by atoms with Crippen LogP contribution in [0.3, 0.4) is 0 Å². The molecule has 0 aliphatic carbocycles. The third kappa shape index (κ3) is 2.21. The minimum Gasteiger partial charge on any atom is -0.374 e. The van der Waals surface area contributed by atoms with E-state index in [0.29, 0.717) is 6.92 Å². The lowest BCUT2D eigenvalue weighted by molar-refractivity contribution is -0.262. The molecule has 2 N–H and O–H groups in total. The van der Waals surface area contributed by atoms with Crippen LogP contribution < -0.4 is 0 Å². The molecule has 3 rings (SSSR count). The van der Waals surface area contributed by atoms with Gasteiger partial charge in [0.05, 0.1) is 17.6 Å². The van der Waals surface area contributed by atoms with Gasteiger partial charge in [-0.05, 0) is 20.3 Å². The monoisotopic (exact) mass is 354 g/mol. The number of nitrogens with one attached hydrogen (secondary N) is 1. The molecule has 2 aromatic heterocycles. The molecule has 11 heteroatoms. The maximum absolute atomic E-state index is 13.1. The van der Waals surface area contributed by atoms with Gasteiger partial charge in [-0.2, -0.15) is 31.4 Å². The fourth-order valence-electron chi connectivity index (χ4n) is 2.88. The number of alkyl halides is 6. The quantitative estimate of drug-likeness (QED) is 0.773. The number of hydrogen-bond acceptors (Lipinski definition) is 3. The molecular weight excluding hydrogens is 342 g/mol. The van der Waals surface area contributed by atoms with Crippen molar-refractivity contribution in [2.24, 2.45) is 0 Å². The highest BCUT2D eigenvalue weighted by molar-refractivity contribution is 5.63. The van der Waals surface area contributed by atoms with Crippen molar-refractivity contribution in [1.82, 2.24) is 19.7 Å². The molecule has 0 aromatic carbocycles. The lowest BCUT2D eigenvalue weighted by Crippen LogP contribution is -2.42. The van der Waals surface area contributed by atoms with Crippen molar-refractivity contribution in [2.75, 3.05) is 0 Å². The molecule has 132 valence electrons. The van der Waals surface area contributed by atoms with Crippen LogP contribution in [-0.2, 0) is 18.2 Å². The molecular formula is C13H12F6N4O. The molecule has 0 amide bonds. The summed E-state index contributed by atoms with van der Waals surface area (Å²) in [5.41, 5.74) is -4.48. The number of aromatic nitrogens is 4. The zero-order chi connectivity index (χ0) is 18.1. The summed E-state index contributed by atoms with van der Waals surface area (Å²) in [6, 6.07) is -0.766. The van der Waals surface area contributed by atoms with E-state index in [1.807, 2.05) is 0 Å². The summed E-state index contributed by atoms with van der Waals surface area (Å²) in [4.78, 5) is 3.62. The molecule has 0 spiro atoms. The van der Waals surface area contributed by atoms with Gasteiger partial charge in [-0.1, -0.05) is 0 Å². The molecule has 0 radical (unpaired) electrons. The van der Waals surface area contributed by atoms with Gasteiger partial charge in [0.2, 0.25) is 5.60 Å². The van der Waals surface area contributed by atoms with Gasteiger partial charge in [-0.15, -0.1) is 0 Å². The van der Waals surface area contributed by atoms with Crippen molar-refractivity contribution in [3.8, 4) is 11.4 Å². The van der Waals surface area contributed by atoms with Crippen LogP contribution in [0, 0.1) is 0 Å². The third-order valence-corrected chi connectivity index (χ3v) is 4.12. The van der Waals surface area contributed by atoms with E-state index in [4.69, 9.17) is 0 Å².